The van der Waals surface area contributed by atoms with Gasteiger partial charge in [0.05, 0.1) is 28.9 Å². The fraction of sp³-hybridized carbons (Fsp3) is 0.333. The summed E-state index contributed by atoms with van der Waals surface area (Å²) in [6.07, 6.45) is 2.87. The van der Waals surface area contributed by atoms with Crippen LogP contribution < -0.4 is 10.6 Å². The molecule has 0 saturated carbocycles. The number of rotatable bonds is 7. The summed E-state index contributed by atoms with van der Waals surface area (Å²) in [5.41, 5.74) is 2.49. The van der Waals surface area contributed by atoms with Crippen molar-refractivity contribution in [1.29, 1.82) is 0 Å². The normalized spacial score (nSPS) is 15.5. The van der Waals surface area contributed by atoms with Crippen molar-refractivity contribution in [2.75, 3.05) is 23.0 Å². The third-order valence-electron chi connectivity index (χ3n) is 6.29. The monoisotopic (exact) mass is 534 g/mol. The van der Waals surface area contributed by atoms with Crippen LogP contribution in [0.1, 0.15) is 50.3 Å². The van der Waals surface area contributed by atoms with Crippen LogP contribution in [0.3, 0.4) is 0 Å². The first-order valence-corrected chi connectivity index (χ1v) is 14.1. The van der Waals surface area contributed by atoms with Gasteiger partial charge in [0.15, 0.2) is 9.84 Å². The van der Waals surface area contributed by atoms with Crippen LogP contribution in [-0.2, 0) is 21.7 Å². The molecule has 0 amide bonds. The molecule has 198 valence electrons. The number of aliphatic hydroxyl groups is 1. The molecule has 0 aliphatic carbocycles. The van der Waals surface area contributed by atoms with Gasteiger partial charge < -0.3 is 20.2 Å². The van der Waals surface area contributed by atoms with Crippen molar-refractivity contribution in [3.63, 3.8) is 0 Å². The molecule has 2 aromatic carbocycles. The van der Waals surface area contributed by atoms with E-state index in [4.69, 9.17) is 4.42 Å². The summed E-state index contributed by atoms with van der Waals surface area (Å²) in [6, 6.07) is 14.3. The number of anilines is 3. The lowest BCUT2D eigenvalue weighted by Crippen LogP contribution is -2.17. The van der Waals surface area contributed by atoms with Gasteiger partial charge in [-0.2, -0.15) is 4.98 Å². The Morgan fingerprint density at radius 3 is 2.61 bits per heavy atom. The second kappa shape index (κ2) is 10.1. The standard InChI is InChI=1S/C27H30N6O4S/c1-27(2,3)25-33-32-24(37-25)20-15-28-26(31-23(20)30-21(16-34)17-8-5-4-6-9-17)29-19-11-12-22-18(14-19)10-7-13-38(22,35)36/h4-6,8-9,11-12,14-15,21,34H,7,10,13,16H2,1-3H3,(H2,28,29,30,31)/t21-/m1/s1. The third kappa shape index (κ3) is 5.39. The van der Waals surface area contributed by atoms with Gasteiger partial charge in [0.2, 0.25) is 11.8 Å². The second-order valence-electron chi connectivity index (χ2n) is 10.3. The molecule has 0 bridgehead atoms. The van der Waals surface area contributed by atoms with E-state index in [1.54, 1.807) is 18.3 Å². The van der Waals surface area contributed by atoms with Crippen LogP contribution in [0.4, 0.5) is 17.5 Å². The second-order valence-corrected chi connectivity index (χ2v) is 12.4. The molecular weight excluding hydrogens is 504 g/mol. The van der Waals surface area contributed by atoms with Crippen LogP contribution in [0.2, 0.25) is 0 Å². The first-order valence-electron chi connectivity index (χ1n) is 12.4. The molecule has 0 spiro atoms. The Labute approximate surface area is 221 Å². The molecule has 2 aromatic heterocycles. The number of nitrogens with one attached hydrogen (secondary N) is 2. The topological polar surface area (TPSA) is 143 Å². The van der Waals surface area contributed by atoms with Crippen molar-refractivity contribution < 1.29 is 17.9 Å². The fourth-order valence-corrected chi connectivity index (χ4v) is 5.86. The van der Waals surface area contributed by atoms with Crippen LogP contribution in [0.15, 0.2) is 64.0 Å². The highest BCUT2D eigenvalue weighted by Crippen LogP contribution is 2.33. The van der Waals surface area contributed by atoms with Crippen LogP contribution >= 0.6 is 0 Å². The van der Waals surface area contributed by atoms with E-state index in [0.29, 0.717) is 40.7 Å². The molecule has 38 heavy (non-hydrogen) atoms. The van der Waals surface area contributed by atoms with Gasteiger partial charge in [0.1, 0.15) is 5.82 Å². The number of benzene rings is 2. The number of hydrogen-bond donors (Lipinski definition) is 3. The predicted octanol–water partition coefficient (Wildman–Crippen LogP) is 4.43. The zero-order valence-corrected chi connectivity index (χ0v) is 22.3. The molecule has 3 N–H and O–H groups in total. The lowest BCUT2D eigenvalue weighted by atomic mass is 9.97. The highest BCUT2D eigenvalue weighted by atomic mass is 32.2. The molecule has 11 heteroatoms. The summed E-state index contributed by atoms with van der Waals surface area (Å²) in [5, 5.41) is 25.0. The number of fused-ring (bicyclic) bond motifs is 1. The highest BCUT2D eigenvalue weighted by Gasteiger charge is 2.26. The van der Waals surface area contributed by atoms with E-state index in [9.17, 15) is 13.5 Å². The summed E-state index contributed by atoms with van der Waals surface area (Å²) in [6.45, 7) is 5.77. The Balaban J connectivity index is 1.51. The summed E-state index contributed by atoms with van der Waals surface area (Å²) in [4.78, 5) is 9.52. The average Bonchev–Trinajstić information content (AvgIpc) is 3.39. The molecule has 1 atom stereocenters. The minimum Gasteiger partial charge on any atom is -0.420 e. The third-order valence-corrected chi connectivity index (χ3v) is 8.19. The van der Waals surface area contributed by atoms with E-state index in [-0.39, 0.29) is 29.6 Å². The van der Waals surface area contributed by atoms with Crippen LogP contribution in [-0.4, -0.2) is 46.0 Å². The smallest absolute Gasteiger partial charge is 0.253 e. The Hall–Kier alpha value is -3.83. The lowest BCUT2D eigenvalue weighted by Gasteiger charge is -2.20. The maximum absolute atomic E-state index is 12.4. The van der Waals surface area contributed by atoms with E-state index in [0.717, 1.165) is 11.1 Å². The minimum absolute atomic E-state index is 0.173. The van der Waals surface area contributed by atoms with E-state index in [1.807, 2.05) is 57.2 Å². The van der Waals surface area contributed by atoms with Gasteiger partial charge in [-0.25, -0.2) is 13.4 Å². The number of nitrogens with zero attached hydrogens (tertiary/aromatic N) is 4. The van der Waals surface area contributed by atoms with Gasteiger partial charge in [-0.05, 0) is 42.2 Å². The molecule has 0 saturated heterocycles. The van der Waals surface area contributed by atoms with Crippen molar-refractivity contribution in [3.05, 3.63) is 71.7 Å². The molecule has 0 radical (unpaired) electrons. The van der Waals surface area contributed by atoms with Crippen LogP contribution in [0, 0.1) is 0 Å². The Kier molecular flexibility index (Phi) is 6.89. The van der Waals surface area contributed by atoms with Gasteiger partial charge in [-0.1, -0.05) is 51.1 Å². The van der Waals surface area contributed by atoms with Crippen LogP contribution in [0.25, 0.3) is 11.5 Å². The fourth-order valence-electron chi connectivity index (χ4n) is 4.28. The van der Waals surface area contributed by atoms with Crippen molar-refractivity contribution in [1.82, 2.24) is 20.2 Å². The van der Waals surface area contributed by atoms with E-state index < -0.39 is 15.9 Å². The number of hydrogen-bond acceptors (Lipinski definition) is 10. The molecule has 1 aliphatic rings. The zero-order chi connectivity index (χ0) is 26.9. The van der Waals surface area contributed by atoms with E-state index >= 15 is 0 Å². The summed E-state index contributed by atoms with van der Waals surface area (Å²) in [7, 11) is -3.24. The van der Waals surface area contributed by atoms with Gasteiger partial charge in [0.25, 0.3) is 5.89 Å². The molecule has 1 aliphatic heterocycles. The van der Waals surface area contributed by atoms with Crippen molar-refractivity contribution in [2.45, 2.75) is 50.0 Å². The summed E-state index contributed by atoms with van der Waals surface area (Å²) < 4.78 is 30.7. The van der Waals surface area contributed by atoms with Gasteiger partial charge >= 0.3 is 0 Å². The first kappa shape index (κ1) is 25.8. The van der Waals surface area contributed by atoms with Crippen molar-refractivity contribution in [3.8, 4) is 11.5 Å². The number of aryl methyl sites for hydroxylation is 1. The number of aliphatic hydroxyl groups excluding tert-OH is 1. The van der Waals surface area contributed by atoms with Gasteiger partial charge in [-0.3, -0.25) is 0 Å². The Bertz CT molecular complexity index is 1550. The molecule has 5 rings (SSSR count). The molecular formula is C27H30N6O4S. The minimum atomic E-state index is -3.24. The SMILES string of the molecule is CC(C)(C)c1nnc(-c2cnc(Nc3ccc4c(c3)CCCS4(=O)=O)nc2N[C@H](CO)c2ccccc2)o1. The Morgan fingerprint density at radius 2 is 1.89 bits per heavy atom. The maximum atomic E-state index is 12.4. The summed E-state index contributed by atoms with van der Waals surface area (Å²) in [5.74, 6) is 1.59. The number of aromatic nitrogens is 4. The average molecular weight is 535 g/mol. The van der Waals surface area contributed by atoms with E-state index in [2.05, 4.69) is 30.8 Å². The first-order chi connectivity index (χ1) is 18.1. The molecule has 4 aromatic rings. The molecule has 3 heterocycles. The van der Waals surface area contributed by atoms with Gasteiger partial charge in [0, 0.05) is 17.3 Å². The lowest BCUT2D eigenvalue weighted by molar-refractivity contribution is 0.276. The van der Waals surface area contributed by atoms with Crippen molar-refractivity contribution in [2.24, 2.45) is 0 Å². The quantitative estimate of drug-likeness (QED) is 0.311. The molecule has 0 fully saturated rings. The largest absolute Gasteiger partial charge is 0.420 e. The van der Waals surface area contributed by atoms with Crippen LogP contribution in [0.5, 0.6) is 0 Å². The van der Waals surface area contributed by atoms with Crippen molar-refractivity contribution >= 4 is 27.3 Å². The highest BCUT2D eigenvalue weighted by molar-refractivity contribution is 7.91. The zero-order valence-electron chi connectivity index (χ0n) is 21.5. The predicted molar refractivity (Wildman–Crippen MR) is 144 cm³/mol. The maximum Gasteiger partial charge on any atom is 0.253 e. The van der Waals surface area contributed by atoms with E-state index in [1.165, 1.54) is 0 Å². The summed E-state index contributed by atoms with van der Waals surface area (Å²) >= 11 is 0. The molecule has 0 unspecified atom stereocenters. The molecule has 10 nitrogen and oxygen atoms in total. The number of sulfone groups is 1. The Morgan fingerprint density at radius 1 is 1.11 bits per heavy atom. The van der Waals surface area contributed by atoms with Gasteiger partial charge in [-0.15, -0.1) is 10.2 Å².